The molecule has 1 atom stereocenters. The minimum Gasteiger partial charge on any atom is -0.350 e. The Morgan fingerprint density at radius 2 is 2.23 bits per heavy atom. The van der Waals surface area contributed by atoms with Crippen molar-refractivity contribution >= 4 is 11.4 Å². The highest BCUT2D eigenvalue weighted by atomic mass is 16.1. The second-order valence-electron chi connectivity index (χ2n) is 6.78. The topological polar surface area (TPSA) is 62.5 Å². The van der Waals surface area contributed by atoms with Crippen molar-refractivity contribution in [2.75, 3.05) is 20.1 Å². The van der Waals surface area contributed by atoms with Gasteiger partial charge in [0.2, 0.25) is 0 Å². The normalized spacial score (nSPS) is 17.7. The number of amides is 1. The Labute approximate surface area is 152 Å². The summed E-state index contributed by atoms with van der Waals surface area (Å²) in [7, 11) is 2.12. The molecule has 1 aliphatic heterocycles. The van der Waals surface area contributed by atoms with Crippen LogP contribution < -0.4 is 5.32 Å². The van der Waals surface area contributed by atoms with E-state index >= 15 is 0 Å². The number of pyridine rings is 2. The first-order valence-corrected chi connectivity index (χ1v) is 9.08. The lowest BCUT2D eigenvalue weighted by Crippen LogP contribution is -2.26. The fraction of sp³-hybridized carbons (Fsp3) is 0.350. The van der Waals surface area contributed by atoms with Crippen molar-refractivity contribution in [3.8, 4) is 0 Å². The van der Waals surface area contributed by atoms with Crippen LogP contribution in [0.2, 0.25) is 0 Å². The van der Waals surface area contributed by atoms with E-state index in [4.69, 9.17) is 4.98 Å². The van der Waals surface area contributed by atoms with E-state index in [2.05, 4.69) is 26.6 Å². The molecule has 0 unspecified atom stereocenters. The predicted molar refractivity (Wildman–Crippen MR) is 100 cm³/mol. The molecule has 0 aromatic carbocycles. The smallest absolute Gasteiger partial charge is 0.272 e. The van der Waals surface area contributed by atoms with Crippen LogP contribution >= 0.6 is 0 Å². The first-order valence-electron chi connectivity index (χ1n) is 9.08. The number of rotatable bonds is 5. The van der Waals surface area contributed by atoms with Gasteiger partial charge in [0.25, 0.3) is 5.91 Å². The van der Waals surface area contributed by atoms with E-state index in [1.54, 1.807) is 6.20 Å². The lowest BCUT2D eigenvalue weighted by Gasteiger charge is -2.17. The summed E-state index contributed by atoms with van der Waals surface area (Å²) in [5.41, 5.74) is 2.48. The fourth-order valence-corrected chi connectivity index (χ4v) is 3.65. The predicted octanol–water partition coefficient (Wildman–Crippen LogP) is 2.47. The Morgan fingerprint density at radius 1 is 1.31 bits per heavy atom. The van der Waals surface area contributed by atoms with Crippen LogP contribution in [-0.4, -0.2) is 45.3 Å². The second-order valence-corrected chi connectivity index (χ2v) is 6.78. The molecular formula is C20H23N5O. The van der Waals surface area contributed by atoms with Crippen molar-refractivity contribution in [3.05, 3.63) is 66.0 Å². The molecule has 0 spiro atoms. The monoisotopic (exact) mass is 349 g/mol. The zero-order chi connectivity index (χ0) is 17.9. The summed E-state index contributed by atoms with van der Waals surface area (Å²) in [4.78, 5) is 23.9. The number of imidazole rings is 1. The molecule has 26 heavy (non-hydrogen) atoms. The Hall–Kier alpha value is -2.73. The van der Waals surface area contributed by atoms with Gasteiger partial charge in [-0.3, -0.25) is 14.7 Å². The van der Waals surface area contributed by atoms with Crippen LogP contribution in [0.3, 0.4) is 0 Å². The van der Waals surface area contributed by atoms with Crippen molar-refractivity contribution in [2.24, 2.45) is 0 Å². The summed E-state index contributed by atoms with van der Waals surface area (Å²) >= 11 is 0. The molecule has 0 aliphatic carbocycles. The molecule has 0 saturated carbocycles. The Kier molecular flexibility index (Phi) is 4.67. The van der Waals surface area contributed by atoms with Crippen LogP contribution in [0, 0.1) is 0 Å². The second kappa shape index (κ2) is 7.25. The number of nitrogens with zero attached hydrogens (tertiary/aromatic N) is 4. The van der Waals surface area contributed by atoms with E-state index in [1.165, 1.54) is 0 Å². The van der Waals surface area contributed by atoms with Crippen molar-refractivity contribution in [1.82, 2.24) is 24.6 Å². The molecule has 1 saturated heterocycles. The zero-order valence-corrected chi connectivity index (χ0v) is 14.9. The maximum atomic E-state index is 12.7. The molecule has 3 aromatic rings. The molecule has 1 amide bonds. The molecular weight excluding hydrogens is 326 g/mol. The average Bonchev–Trinajstić information content (AvgIpc) is 3.26. The van der Waals surface area contributed by atoms with Gasteiger partial charge in [-0.1, -0.05) is 12.1 Å². The largest absolute Gasteiger partial charge is 0.350 e. The van der Waals surface area contributed by atoms with Gasteiger partial charge in [0, 0.05) is 25.1 Å². The van der Waals surface area contributed by atoms with Gasteiger partial charge in [-0.05, 0) is 56.6 Å². The zero-order valence-electron chi connectivity index (χ0n) is 14.9. The average molecular weight is 349 g/mol. The van der Waals surface area contributed by atoms with Crippen LogP contribution in [0.4, 0.5) is 0 Å². The SMILES string of the molecule is CN1CCC[C@H]1c1nc(C(=O)NCCc2cccnc2)c2ccccn12. The molecule has 134 valence electrons. The van der Waals surface area contributed by atoms with Crippen LogP contribution in [0.5, 0.6) is 0 Å². The summed E-state index contributed by atoms with van der Waals surface area (Å²) in [5.74, 6) is 0.836. The molecule has 0 radical (unpaired) electrons. The molecule has 6 nitrogen and oxygen atoms in total. The van der Waals surface area contributed by atoms with Crippen molar-refractivity contribution < 1.29 is 4.79 Å². The van der Waals surface area contributed by atoms with Crippen LogP contribution in [0.25, 0.3) is 5.52 Å². The summed E-state index contributed by atoms with van der Waals surface area (Å²) in [5, 5.41) is 3.00. The number of fused-ring (bicyclic) bond motifs is 1. The number of likely N-dealkylation sites (tertiary alicyclic amines) is 1. The number of hydrogen-bond acceptors (Lipinski definition) is 4. The summed E-state index contributed by atoms with van der Waals surface area (Å²) in [6.45, 7) is 1.63. The molecule has 1 fully saturated rings. The third kappa shape index (κ3) is 3.20. The van der Waals surface area contributed by atoms with Crippen LogP contribution in [-0.2, 0) is 6.42 Å². The van der Waals surface area contributed by atoms with Gasteiger partial charge in [-0.15, -0.1) is 0 Å². The highest BCUT2D eigenvalue weighted by molar-refractivity contribution is 5.99. The molecule has 3 aromatic heterocycles. The molecule has 0 bridgehead atoms. The standard InChI is InChI=1S/C20H23N5O/c1-24-12-5-8-17(24)19-23-18(16-7-2-3-13-25(16)19)20(26)22-11-9-15-6-4-10-21-14-15/h2-4,6-7,10,13-14,17H,5,8-9,11-12H2,1H3,(H,22,26)/t17-/m0/s1. The minimum atomic E-state index is -0.121. The van der Waals surface area contributed by atoms with E-state index in [-0.39, 0.29) is 11.9 Å². The fourth-order valence-electron chi connectivity index (χ4n) is 3.65. The Balaban J connectivity index is 1.55. The summed E-state index contributed by atoms with van der Waals surface area (Å²) in [6.07, 6.45) is 8.56. The quantitative estimate of drug-likeness (QED) is 0.769. The first kappa shape index (κ1) is 16.7. The molecule has 6 heteroatoms. The van der Waals surface area contributed by atoms with Gasteiger partial charge < -0.3 is 9.72 Å². The van der Waals surface area contributed by atoms with Crippen LogP contribution in [0.15, 0.2) is 48.9 Å². The van der Waals surface area contributed by atoms with Gasteiger partial charge in [-0.25, -0.2) is 4.98 Å². The van der Waals surface area contributed by atoms with E-state index in [0.717, 1.165) is 42.7 Å². The van der Waals surface area contributed by atoms with Gasteiger partial charge in [-0.2, -0.15) is 0 Å². The van der Waals surface area contributed by atoms with Crippen molar-refractivity contribution in [2.45, 2.75) is 25.3 Å². The van der Waals surface area contributed by atoms with Gasteiger partial charge in [0.05, 0.1) is 11.6 Å². The van der Waals surface area contributed by atoms with Gasteiger partial charge in [0.15, 0.2) is 5.69 Å². The maximum absolute atomic E-state index is 12.7. The third-order valence-electron chi connectivity index (χ3n) is 5.03. The molecule has 1 aliphatic rings. The van der Waals surface area contributed by atoms with Gasteiger partial charge >= 0.3 is 0 Å². The molecule has 4 heterocycles. The van der Waals surface area contributed by atoms with E-state index in [0.29, 0.717) is 12.2 Å². The van der Waals surface area contributed by atoms with Gasteiger partial charge in [0.1, 0.15) is 5.82 Å². The molecule has 4 rings (SSSR count). The number of aromatic nitrogens is 3. The first-order chi connectivity index (χ1) is 12.7. The maximum Gasteiger partial charge on any atom is 0.272 e. The lowest BCUT2D eigenvalue weighted by molar-refractivity contribution is 0.0951. The van der Waals surface area contributed by atoms with Crippen molar-refractivity contribution in [3.63, 3.8) is 0 Å². The summed E-state index contributed by atoms with van der Waals surface area (Å²) < 4.78 is 2.06. The number of carbonyl (C=O) groups excluding carboxylic acids is 1. The Morgan fingerprint density at radius 3 is 3.00 bits per heavy atom. The van der Waals surface area contributed by atoms with E-state index in [9.17, 15) is 4.79 Å². The van der Waals surface area contributed by atoms with E-state index < -0.39 is 0 Å². The minimum absolute atomic E-state index is 0.121. The van der Waals surface area contributed by atoms with E-state index in [1.807, 2.05) is 42.7 Å². The third-order valence-corrected chi connectivity index (χ3v) is 5.03. The lowest BCUT2D eigenvalue weighted by atomic mass is 10.2. The summed E-state index contributed by atoms with van der Waals surface area (Å²) in [6, 6.07) is 10.1. The van der Waals surface area contributed by atoms with Crippen LogP contribution in [0.1, 0.15) is 40.8 Å². The number of nitrogens with one attached hydrogen (secondary N) is 1. The Bertz CT molecular complexity index is 905. The number of carbonyl (C=O) groups is 1. The van der Waals surface area contributed by atoms with Crippen molar-refractivity contribution in [1.29, 1.82) is 0 Å². The molecule has 1 N–H and O–H groups in total. The highest BCUT2D eigenvalue weighted by Crippen LogP contribution is 2.31. The number of hydrogen-bond donors (Lipinski definition) is 1. The highest BCUT2D eigenvalue weighted by Gasteiger charge is 2.28.